The molecule has 72 valence electrons. The number of hydrogen-bond acceptors (Lipinski definition) is 4. The molecule has 0 aliphatic rings. The lowest BCUT2D eigenvalue weighted by Gasteiger charge is -2.07. The Labute approximate surface area is 89.8 Å². The topological polar surface area (TPSA) is 38.3 Å². The monoisotopic (exact) mass is 207 g/mol. The number of carbonyl (C=O) groups is 1. The first-order valence-electron chi connectivity index (χ1n) is 4.05. The van der Waals surface area contributed by atoms with Gasteiger partial charge in [0.15, 0.2) is 0 Å². The molecule has 0 aromatic heterocycles. The van der Waals surface area contributed by atoms with Crippen LogP contribution in [0.5, 0.6) is 0 Å². The Morgan fingerprint density at radius 3 is 2.93 bits per heavy atom. The zero-order valence-corrected chi connectivity index (χ0v) is 8.67. The average Bonchev–Trinajstić information content (AvgIpc) is 2.16. The molecule has 1 rings (SSSR count). The van der Waals surface area contributed by atoms with Gasteiger partial charge in [0, 0.05) is 12.6 Å². The van der Waals surface area contributed by atoms with E-state index in [0.29, 0.717) is 11.2 Å². The van der Waals surface area contributed by atoms with Crippen LogP contribution in [0.25, 0.3) is 0 Å². The maximum Gasteiger partial charge on any atom is 0.302 e. The highest BCUT2D eigenvalue weighted by Gasteiger charge is 2.00. The Kier molecular flexibility index (Phi) is 3.89. The molecule has 0 heterocycles. The maximum absolute atomic E-state index is 10.6. The van der Waals surface area contributed by atoms with Crippen molar-refractivity contribution < 1.29 is 9.53 Å². The predicted molar refractivity (Wildman–Crippen MR) is 59.9 cm³/mol. The molecule has 0 atom stereocenters. The second kappa shape index (κ2) is 4.95. The Bertz CT molecular complexity index is 344. The number of ether oxygens (including phenoxy) is 1. The Balaban J connectivity index is 2.74. The third kappa shape index (κ3) is 2.99. The molecule has 2 radical (unpaired) electrons. The summed E-state index contributed by atoms with van der Waals surface area (Å²) in [6.07, 6.45) is 0. The van der Waals surface area contributed by atoms with Crippen molar-refractivity contribution in [3.05, 3.63) is 23.8 Å². The van der Waals surface area contributed by atoms with Gasteiger partial charge in [-0.25, -0.2) is 0 Å². The fourth-order valence-corrected chi connectivity index (χ4v) is 1.17. The van der Waals surface area contributed by atoms with Gasteiger partial charge in [-0.05, 0) is 11.6 Å². The molecular weight excluding hydrogens is 197 g/mol. The van der Waals surface area contributed by atoms with Crippen LogP contribution in [0.1, 0.15) is 12.5 Å². The van der Waals surface area contributed by atoms with Crippen LogP contribution in [0.4, 0.5) is 5.69 Å². The number of esters is 1. The molecule has 0 fully saturated rings. The van der Waals surface area contributed by atoms with Crippen LogP contribution in [-0.4, -0.2) is 13.8 Å². The van der Waals surface area contributed by atoms with Crippen LogP contribution >= 0.6 is 12.8 Å². The van der Waals surface area contributed by atoms with Crippen molar-refractivity contribution in [2.45, 2.75) is 13.5 Å². The molecule has 0 aliphatic heterocycles. The third-order valence-electron chi connectivity index (χ3n) is 1.68. The minimum Gasteiger partial charge on any atom is -0.461 e. The smallest absolute Gasteiger partial charge is 0.302 e. The molecule has 1 aromatic rings. The first-order chi connectivity index (χ1) is 6.63. The normalized spacial score (nSPS) is 9.57. The van der Waals surface area contributed by atoms with E-state index in [4.69, 9.17) is 12.6 Å². The summed E-state index contributed by atoms with van der Waals surface area (Å²) in [5.41, 5.74) is 2.18. The van der Waals surface area contributed by atoms with E-state index in [1.54, 1.807) is 18.2 Å². The molecule has 14 heavy (non-hydrogen) atoms. The first kappa shape index (κ1) is 11.0. The molecule has 0 saturated carbocycles. The fourth-order valence-electron chi connectivity index (χ4n) is 0.975. The molecule has 1 N–H and O–H groups in total. The minimum atomic E-state index is -0.304. The van der Waals surface area contributed by atoms with Crippen molar-refractivity contribution >= 4 is 37.8 Å². The molecule has 1 aromatic carbocycles. The van der Waals surface area contributed by atoms with Gasteiger partial charge in [-0.2, -0.15) is 0 Å². The van der Waals surface area contributed by atoms with Crippen molar-refractivity contribution in [2.24, 2.45) is 0 Å². The lowest BCUT2D eigenvalue weighted by atomic mass is 9.93. The van der Waals surface area contributed by atoms with Gasteiger partial charge in [0.2, 0.25) is 0 Å². The van der Waals surface area contributed by atoms with Crippen LogP contribution in [0.2, 0.25) is 0 Å². The molecule has 0 amide bonds. The summed E-state index contributed by atoms with van der Waals surface area (Å²) in [6, 6.07) is 5.32. The van der Waals surface area contributed by atoms with Gasteiger partial charge >= 0.3 is 5.97 Å². The van der Waals surface area contributed by atoms with E-state index in [9.17, 15) is 4.79 Å². The Morgan fingerprint density at radius 1 is 1.64 bits per heavy atom. The highest BCUT2D eigenvalue weighted by molar-refractivity contribution is 7.81. The summed E-state index contributed by atoms with van der Waals surface area (Å²) < 4.78 is 7.49. The number of anilines is 1. The summed E-state index contributed by atoms with van der Waals surface area (Å²) in [7, 11) is 5.64. The summed E-state index contributed by atoms with van der Waals surface area (Å²) in [6.45, 7) is 1.62. The van der Waals surface area contributed by atoms with Crippen LogP contribution < -0.4 is 10.2 Å². The van der Waals surface area contributed by atoms with Crippen molar-refractivity contribution in [3.8, 4) is 0 Å². The van der Waals surface area contributed by atoms with E-state index >= 15 is 0 Å². The van der Waals surface area contributed by atoms with E-state index in [1.807, 2.05) is 0 Å². The van der Waals surface area contributed by atoms with Crippen LogP contribution in [-0.2, 0) is 16.1 Å². The molecule has 0 spiro atoms. The zero-order valence-electron chi connectivity index (χ0n) is 7.78. The van der Waals surface area contributed by atoms with E-state index < -0.39 is 0 Å². The largest absolute Gasteiger partial charge is 0.461 e. The Hall–Kier alpha value is -1.10. The van der Waals surface area contributed by atoms with E-state index in [0.717, 1.165) is 5.56 Å². The first-order valence-corrected chi connectivity index (χ1v) is 4.50. The highest BCUT2D eigenvalue weighted by Crippen LogP contribution is 2.09. The SMILES string of the molecule is [B]c1ccc(COC(C)=O)cc1NS. The van der Waals surface area contributed by atoms with Gasteiger partial charge in [0.25, 0.3) is 0 Å². The molecule has 3 nitrogen and oxygen atoms in total. The summed E-state index contributed by atoms with van der Waals surface area (Å²) in [4.78, 5) is 10.6. The zero-order chi connectivity index (χ0) is 10.6. The number of benzene rings is 1. The van der Waals surface area contributed by atoms with E-state index in [1.165, 1.54) is 6.92 Å². The van der Waals surface area contributed by atoms with Gasteiger partial charge in [0.1, 0.15) is 14.5 Å². The predicted octanol–water partition coefficient (Wildman–Crippen LogP) is 0.800. The molecule has 0 aliphatic carbocycles. The fraction of sp³-hybridized carbons (Fsp3) is 0.222. The summed E-state index contributed by atoms with van der Waals surface area (Å²) in [5.74, 6) is -0.304. The number of rotatable bonds is 3. The van der Waals surface area contributed by atoms with Crippen molar-refractivity contribution in [3.63, 3.8) is 0 Å². The van der Waals surface area contributed by atoms with Crippen molar-refractivity contribution in [2.75, 3.05) is 4.72 Å². The average molecular weight is 207 g/mol. The maximum atomic E-state index is 10.6. The lowest BCUT2D eigenvalue weighted by molar-refractivity contribution is -0.142. The van der Waals surface area contributed by atoms with Crippen molar-refractivity contribution in [1.82, 2.24) is 0 Å². The van der Waals surface area contributed by atoms with Crippen molar-refractivity contribution in [1.29, 1.82) is 0 Å². The standard InChI is InChI=1S/C9H10BNO2S/c1-6(12)13-5-7-2-3-8(10)9(4-7)11-14/h2-4,11,14H,5H2,1H3. The van der Waals surface area contributed by atoms with Gasteiger partial charge < -0.3 is 9.46 Å². The van der Waals surface area contributed by atoms with Gasteiger partial charge in [-0.15, -0.1) is 0 Å². The van der Waals surface area contributed by atoms with Crippen LogP contribution in [0, 0.1) is 0 Å². The van der Waals surface area contributed by atoms with Gasteiger partial charge in [0.05, 0.1) is 0 Å². The second-order valence-corrected chi connectivity index (χ2v) is 3.04. The molecule has 0 unspecified atom stereocenters. The number of hydrogen-bond donors (Lipinski definition) is 2. The lowest BCUT2D eigenvalue weighted by Crippen LogP contribution is -2.08. The number of nitrogens with one attached hydrogen (secondary N) is 1. The van der Waals surface area contributed by atoms with E-state index in [2.05, 4.69) is 17.5 Å². The molecule has 5 heteroatoms. The summed E-state index contributed by atoms with van der Waals surface area (Å²) >= 11 is 3.90. The Morgan fingerprint density at radius 2 is 2.36 bits per heavy atom. The van der Waals surface area contributed by atoms with Crippen LogP contribution in [0.3, 0.4) is 0 Å². The van der Waals surface area contributed by atoms with Crippen LogP contribution in [0.15, 0.2) is 18.2 Å². The second-order valence-electron chi connectivity index (χ2n) is 2.81. The molecule has 0 bridgehead atoms. The number of thiol groups is 1. The molecular formula is C9H10BNO2S. The molecule has 0 saturated heterocycles. The van der Waals surface area contributed by atoms with E-state index in [-0.39, 0.29) is 12.6 Å². The quantitative estimate of drug-likeness (QED) is 0.437. The third-order valence-corrected chi connectivity index (χ3v) is 1.92. The minimum absolute atomic E-state index is 0.248. The highest BCUT2D eigenvalue weighted by atomic mass is 32.1. The number of carbonyl (C=O) groups excluding carboxylic acids is 1. The van der Waals surface area contributed by atoms with Gasteiger partial charge in [-0.1, -0.05) is 30.4 Å². The summed E-state index contributed by atoms with van der Waals surface area (Å²) in [5, 5.41) is 0. The van der Waals surface area contributed by atoms with Gasteiger partial charge in [-0.3, -0.25) is 4.79 Å².